The maximum absolute atomic E-state index is 6.90. The number of hydrogen-bond donors (Lipinski definition) is 0. The third-order valence-electron chi connectivity index (χ3n) is 11.5. The van der Waals surface area contributed by atoms with Crippen molar-refractivity contribution in [3.05, 3.63) is 200 Å². The highest BCUT2D eigenvalue weighted by atomic mass is 32.1. The summed E-state index contributed by atoms with van der Waals surface area (Å²) in [6, 6.07) is 72.4. The van der Waals surface area contributed by atoms with Crippen molar-refractivity contribution in [2.24, 2.45) is 0 Å². The molecule has 0 aliphatic carbocycles. The molecule has 0 spiro atoms. The Morgan fingerprint density at radius 2 is 0.879 bits per heavy atom. The van der Waals surface area contributed by atoms with E-state index in [1.54, 1.807) is 0 Å². The van der Waals surface area contributed by atoms with Crippen molar-refractivity contribution in [3.63, 3.8) is 0 Å². The predicted molar refractivity (Wildman–Crippen MR) is 250 cm³/mol. The summed E-state index contributed by atoms with van der Waals surface area (Å²) in [7, 11) is 0. The van der Waals surface area contributed by atoms with Crippen LogP contribution in [0, 0.1) is 0 Å². The van der Waals surface area contributed by atoms with Gasteiger partial charge in [0.25, 0.3) is 0 Å². The number of benzene rings is 9. The van der Waals surface area contributed by atoms with Crippen molar-refractivity contribution in [1.82, 2.24) is 0 Å². The minimum absolute atomic E-state index is 0.922. The molecule has 2 nitrogen and oxygen atoms in total. The maximum atomic E-state index is 6.90. The average molecular weight is 776 g/mol. The second-order valence-corrected chi connectivity index (χ2v) is 16.9. The Labute approximate surface area is 343 Å². The van der Waals surface area contributed by atoms with E-state index >= 15 is 0 Å². The lowest BCUT2D eigenvalue weighted by Gasteiger charge is -2.26. The molecule has 12 aromatic rings. The zero-order valence-corrected chi connectivity index (χ0v) is 32.9. The molecule has 3 aromatic heterocycles. The van der Waals surface area contributed by atoms with Gasteiger partial charge in [-0.3, -0.25) is 0 Å². The Kier molecular flexibility index (Phi) is 7.62. The van der Waals surface area contributed by atoms with Gasteiger partial charge >= 0.3 is 0 Å². The number of rotatable bonds is 6. The van der Waals surface area contributed by atoms with Gasteiger partial charge in [-0.2, -0.15) is 0 Å². The first-order chi connectivity index (χ1) is 28.8. The summed E-state index contributed by atoms with van der Waals surface area (Å²) in [5.74, 6) is 0. The first-order valence-corrected chi connectivity index (χ1v) is 21.2. The molecule has 3 heterocycles. The number of thiophene rings is 2. The number of fused-ring (bicyclic) bond motifs is 10. The Bertz CT molecular complexity index is 3490. The van der Waals surface area contributed by atoms with Crippen LogP contribution in [0.25, 0.3) is 95.7 Å². The largest absolute Gasteiger partial charge is 0.455 e. The van der Waals surface area contributed by atoms with E-state index in [4.69, 9.17) is 4.42 Å². The molecular weight excluding hydrogens is 743 g/mol. The average Bonchev–Trinajstić information content (AvgIpc) is 3.99. The maximum Gasteiger partial charge on any atom is 0.144 e. The molecule has 0 atom stereocenters. The molecule has 0 saturated heterocycles. The minimum atomic E-state index is 0.922. The Morgan fingerprint density at radius 1 is 0.328 bits per heavy atom. The van der Waals surface area contributed by atoms with E-state index in [0.29, 0.717) is 0 Å². The fourth-order valence-corrected chi connectivity index (χ4v) is 11.2. The van der Waals surface area contributed by atoms with Gasteiger partial charge in [-0.05, 0) is 76.3 Å². The van der Waals surface area contributed by atoms with Crippen molar-refractivity contribution in [1.29, 1.82) is 0 Å². The van der Waals surface area contributed by atoms with Crippen molar-refractivity contribution in [2.45, 2.75) is 0 Å². The quantitative estimate of drug-likeness (QED) is 0.167. The molecule has 58 heavy (non-hydrogen) atoms. The van der Waals surface area contributed by atoms with Crippen LogP contribution in [-0.2, 0) is 0 Å². The van der Waals surface area contributed by atoms with E-state index in [1.807, 2.05) is 22.7 Å². The summed E-state index contributed by atoms with van der Waals surface area (Å²) in [5, 5.41) is 7.30. The highest BCUT2D eigenvalue weighted by Crippen LogP contribution is 2.48. The molecule has 0 amide bonds. The molecule has 0 fully saturated rings. The number of para-hydroxylation sites is 1. The van der Waals surface area contributed by atoms with Gasteiger partial charge in [-0.15, -0.1) is 22.7 Å². The molecule has 0 N–H and O–H groups in total. The first-order valence-electron chi connectivity index (χ1n) is 19.6. The van der Waals surface area contributed by atoms with Crippen molar-refractivity contribution < 1.29 is 4.42 Å². The topological polar surface area (TPSA) is 16.4 Å². The van der Waals surface area contributed by atoms with Gasteiger partial charge in [-0.25, -0.2) is 0 Å². The smallest absolute Gasteiger partial charge is 0.144 e. The Hall–Kier alpha value is -6.98. The SMILES string of the molecule is c1ccc(-c2ccc(N(c3ccc(-c4cccc5c4oc4c5ccc5sc6ccccc6c54)cc3)c3cccc4c3sc3c(-c5ccccc5)cccc34)cc2)cc1. The second-order valence-electron chi connectivity index (χ2n) is 14.8. The normalized spacial score (nSPS) is 11.8. The van der Waals surface area contributed by atoms with Crippen LogP contribution in [0.4, 0.5) is 17.1 Å². The van der Waals surface area contributed by atoms with Crippen LogP contribution < -0.4 is 4.90 Å². The number of furan rings is 1. The lowest BCUT2D eigenvalue weighted by Crippen LogP contribution is -2.10. The highest BCUT2D eigenvalue weighted by Gasteiger charge is 2.21. The van der Waals surface area contributed by atoms with Gasteiger partial charge < -0.3 is 9.32 Å². The molecule has 9 aromatic carbocycles. The van der Waals surface area contributed by atoms with Crippen LogP contribution in [-0.4, -0.2) is 0 Å². The van der Waals surface area contributed by atoms with Gasteiger partial charge in [0.15, 0.2) is 0 Å². The molecule has 0 aliphatic rings. The van der Waals surface area contributed by atoms with Crippen LogP contribution in [0.3, 0.4) is 0 Å². The van der Waals surface area contributed by atoms with Crippen LogP contribution in [0.15, 0.2) is 205 Å². The lowest BCUT2D eigenvalue weighted by molar-refractivity contribution is 0.674. The monoisotopic (exact) mass is 775 g/mol. The number of hydrogen-bond acceptors (Lipinski definition) is 4. The van der Waals surface area contributed by atoms with Gasteiger partial charge in [0.2, 0.25) is 0 Å². The predicted octanol–water partition coefficient (Wildman–Crippen LogP) is 16.8. The molecule has 12 rings (SSSR count). The molecule has 0 radical (unpaired) electrons. The second kappa shape index (κ2) is 13.3. The van der Waals surface area contributed by atoms with E-state index in [1.165, 1.54) is 62.6 Å². The van der Waals surface area contributed by atoms with Gasteiger partial charge in [0.05, 0.1) is 10.4 Å². The van der Waals surface area contributed by atoms with Crippen LogP contribution >= 0.6 is 22.7 Å². The number of anilines is 3. The van der Waals surface area contributed by atoms with E-state index in [0.717, 1.165) is 50.1 Å². The van der Waals surface area contributed by atoms with Crippen molar-refractivity contribution in [2.75, 3.05) is 4.90 Å². The first kappa shape index (κ1) is 33.2. The fourth-order valence-electron chi connectivity index (χ4n) is 8.77. The lowest BCUT2D eigenvalue weighted by atomic mass is 10.0. The molecule has 0 saturated carbocycles. The van der Waals surface area contributed by atoms with Crippen molar-refractivity contribution >= 4 is 102 Å². The molecule has 272 valence electrons. The summed E-state index contributed by atoms with van der Waals surface area (Å²) >= 11 is 3.70. The summed E-state index contributed by atoms with van der Waals surface area (Å²) in [6.07, 6.45) is 0. The summed E-state index contributed by atoms with van der Waals surface area (Å²) in [6.45, 7) is 0. The zero-order valence-electron chi connectivity index (χ0n) is 31.2. The van der Waals surface area contributed by atoms with E-state index < -0.39 is 0 Å². The van der Waals surface area contributed by atoms with Crippen LogP contribution in [0.5, 0.6) is 0 Å². The van der Waals surface area contributed by atoms with Gasteiger partial charge in [0, 0.05) is 63.4 Å². The highest BCUT2D eigenvalue weighted by molar-refractivity contribution is 7.27. The third-order valence-corrected chi connectivity index (χ3v) is 13.9. The van der Waals surface area contributed by atoms with E-state index in [-0.39, 0.29) is 0 Å². The molecule has 0 unspecified atom stereocenters. The molecular formula is C54H33NOS2. The Balaban J connectivity index is 1.02. The molecule has 0 aliphatic heterocycles. The van der Waals surface area contributed by atoms with E-state index in [9.17, 15) is 0 Å². The van der Waals surface area contributed by atoms with Crippen LogP contribution in [0.1, 0.15) is 0 Å². The van der Waals surface area contributed by atoms with Gasteiger partial charge in [0.1, 0.15) is 11.2 Å². The molecule has 0 bridgehead atoms. The summed E-state index contributed by atoms with van der Waals surface area (Å²) in [5.41, 5.74) is 12.3. The molecule has 4 heteroatoms. The Morgan fingerprint density at radius 3 is 1.64 bits per heavy atom. The standard InChI is InChI=1S/C54H33NOS2/c1-3-12-34(13-4-1)35-24-28-38(29-25-35)55(47-22-11-21-45-44-20-10-18-41(53(44)58-54(45)47)36-14-5-2-6-15-36)39-30-26-37(27-31-39)40-17-9-19-42-43-32-33-49-50(52(43)56-51(40)42)46-16-7-8-23-48(46)57-49/h1-33H. The van der Waals surface area contributed by atoms with E-state index in [2.05, 4.69) is 205 Å². The van der Waals surface area contributed by atoms with Crippen LogP contribution in [0.2, 0.25) is 0 Å². The third kappa shape index (κ3) is 5.23. The minimum Gasteiger partial charge on any atom is -0.455 e. The van der Waals surface area contributed by atoms with Gasteiger partial charge in [-0.1, -0.05) is 152 Å². The summed E-state index contributed by atoms with van der Waals surface area (Å²) in [4.78, 5) is 2.42. The summed E-state index contributed by atoms with van der Waals surface area (Å²) < 4.78 is 12.0. The zero-order chi connectivity index (χ0) is 38.2. The fraction of sp³-hybridized carbons (Fsp3) is 0. The number of nitrogens with zero attached hydrogens (tertiary/aromatic N) is 1. The van der Waals surface area contributed by atoms with Crippen molar-refractivity contribution in [3.8, 4) is 33.4 Å².